The molecule has 0 unspecified atom stereocenters. The van der Waals surface area contributed by atoms with E-state index >= 15 is 0 Å². The van der Waals surface area contributed by atoms with Crippen molar-refractivity contribution >= 4 is 23.3 Å². The predicted octanol–water partition coefficient (Wildman–Crippen LogP) is 4.19. The van der Waals surface area contributed by atoms with Crippen LogP contribution >= 0.6 is 11.8 Å². The molecular formula is C22H26N4O3S. The number of aromatic nitrogens is 4. The fourth-order valence-electron chi connectivity index (χ4n) is 3.65. The zero-order valence-electron chi connectivity index (χ0n) is 17.7. The van der Waals surface area contributed by atoms with Gasteiger partial charge in [0.05, 0.1) is 25.5 Å². The smallest absolute Gasteiger partial charge is 0.253 e. The van der Waals surface area contributed by atoms with Crippen molar-refractivity contribution in [2.45, 2.75) is 44.2 Å². The van der Waals surface area contributed by atoms with Crippen LogP contribution in [0.1, 0.15) is 54.2 Å². The third-order valence-corrected chi connectivity index (χ3v) is 6.24. The van der Waals surface area contributed by atoms with Gasteiger partial charge in [-0.1, -0.05) is 31.7 Å². The van der Waals surface area contributed by atoms with E-state index in [4.69, 9.17) is 9.47 Å². The summed E-state index contributed by atoms with van der Waals surface area (Å²) >= 11 is 1.63. The minimum Gasteiger partial charge on any atom is -0.493 e. The highest BCUT2D eigenvalue weighted by molar-refractivity contribution is 7.99. The Labute approximate surface area is 180 Å². The van der Waals surface area contributed by atoms with E-state index in [0.717, 1.165) is 23.4 Å². The number of hydrogen-bond acceptors (Lipinski definition) is 7. The Bertz CT molecular complexity index is 1080. The van der Waals surface area contributed by atoms with Gasteiger partial charge in [0.25, 0.3) is 5.78 Å². The zero-order valence-corrected chi connectivity index (χ0v) is 18.5. The molecule has 8 heteroatoms. The summed E-state index contributed by atoms with van der Waals surface area (Å²) in [5.74, 6) is 3.62. The van der Waals surface area contributed by atoms with E-state index < -0.39 is 0 Å². The van der Waals surface area contributed by atoms with E-state index in [1.54, 1.807) is 36.7 Å². The number of fused-ring (bicyclic) bond motifs is 2. The fourth-order valence-corrected chi connectivity index (χ4v) is 4.72. The second-order valence-electron chi connectivity index (χ2n) is 7.91. The summed E-state index contributed by atoms with van der Waals surface area (Å²) in [5, 5.41) is 5.20. The molecule has 0 spiro atoms. The maximum absolute atomic E-state index is 12.9. The summed E-state index contributed by atoms with van der Waals surface area (Å²) < 4.78 is 12.4. The SMILES string of the molecule is COc1ccc([C@@H]2CC(=O)c3cn4nc(SCCC(C)C)nc4nc3C2)cc1OC. The highest BCUT2D eigenvalue weighted by atomic mass is 32.2. The van der Waals surface area contributed by atoms with Crippen LogP contribution in [0.2, 0.25) is 0 Å². The van der Waals surface area contributed by atoms with Crippen LogP contribution in [-0.2, 0) is 6.42 Å². The summed E-state index contributed by atoms with van der Waals surface area (Å²) in [6.07, 6.45) is 4.00. The van der Waals surface area contributed by atoms with Crippen LogP contribution < -0.4 is 9.47 Å². The lowest BCUT2D eigenvalue weighted by Crippen LogP contribution is -2.21. The topological polar surface area (TPSA) is 78.6 Å². The van der Waals surface area contributed by atoms with Gasteiger partial charge in [-0.05, 0) is 42.4 Å². The third kappa shape index (κ3) is 4.14. The van der Waals surface area contributed by atoms with Gasteiger partial charge in [-0.25, -0.2) is 9.50 Å². The zero-order chi connectivity index (χ0) is 21.3. The molecule has 158 valence electrons. The number of ether oxygens (including phenoxy) is 2. The molecule has 2 heterocycles. The molecule has 1 aliphatic rings. The minimum absolute atomic E-state index is 0.0440. The fraction of sp³-hybridized carbons (Fsp3) is 0.455. The van der Waals surface area contributed by atoms with E-state index in [2.05, 4.69) is 28.9 Å². The highest BCUT2D eigenvalue weighted by Crippen LogP contribution is 2.36. The first-order valence-electron chi connectivity index (χ1n) is 10.1. The third-order valence-electron chi connectivity index (χ3n) is 5.37. The predicted molar refractivity (Wildman–Crippen MR) is 116 cm³/mol. The molecule has 1 aromatic carbocycles. The summed E-state index contributed by atoms with van der Waals surface area (Å²) in [6.45, 7) is 4.40. The molecule has 0 fully saturated rings. The van der Waals surface area contributed by atoms with Crippen LogP contribution in [0.5, 0.6) is 11.5 Å². The Morgan fingerprint density at radius 2 is 1.97 bits per heavy atom. The number of nitrogens with zero attached hydrogens (tertiary/aromatic N) is 4. The molecule has 1 aliphatic carbocycles. The molecule has 2 aromatic heterocycles. The highest BCUT2D eigenvalue weighted by Gasteiger charge is 2.29. The molecule has 0 bridgehead atoms. The van der Waals surface area contributed by atoms with Crippen molar-refractivity contribution in [2.75, 3.05) is 20.0 Å². The van der Waals surface area contributed by atoms with Gasteiger partial charge in [-0.15, -0.1) is 5.10 Å². The van der Waals surface area contributed by atoms with Crippen LogP contribution in [0.4, 0.5) is 0 Å². The van der Waals surface area contributed by atoms with Gasteiger partial charge in [0, 0.05) is 18.4 Å². The number of thioether (sulfide) groups is 1. The van der Waals surface area contributed by atoms with E-state index in [1.807, 2.05) is 18.2 Å². The first kappa shape index (κ1) is 20.7. The van der Waals surface area contributed by atoms with Crippen molar-refractivity contribution in [3.8, 4) is 11.5 Å². The standard InChI is InChI=1S/C22H26N4O3S/c1-13(2)7-8-30-22-24-21-23-17-9-15(10-18(27)16(17)12-26(21)25-22)14-5-6-19(28-3)20(11-14)29-4/h5-6,11-13,15H,7-10H2,1-4H3/t15-/m0/s1. The van der Waals surface area contributed by atoms with Crippen molar-refractivity contribution in [2.24, 2.45) is 5.92 Å². The molecule has 0 radical (unpaired) electrons. The van der Waals surface area contributed by atoms with Crippen molar-refractivity contribution in [3.63, 3.8) is 0 Å². The van der Waals surface area contributed by atoms with E-state index in [0.29, 0.717) is 46.8 Å². The van der Waals surface area contributed by atoms with E-state index in [-0.39, 0.29) is 11.7 Å². The average Bonchev–Trinajstić information content (AvgIpc) is 3.13. The van der Waals surface area contributed by atoms with Gasteiger partial charge in [0.1, 0.15) is 0 Å². The van der Waals surface area contributed by atoms with Crippen molar-refractivity contribution in [1.82, 2.24) is 19.6 Å². The second-order valence-corrected chi connectivity index (χ2v) is 8.98. The second kappa shape index (κ2) is 8.63. The molecular weight excluding hydrogens is 400 g/mol. The van der Waals surface area contributed by atoms with Crippen LogP contribution in [0.3, 0.4) is 0 Å². The Morgan fingerprint density at radius 1 is 1.17 bits per heavy atom. The normalized spacial score (nSPS) is 16.2. The number of Topliss-reactive ketones (excluding diaryl/α,β-unsaturated/α-hetero) is 1. The minimum atomic E-state index is 0.0440. The van der Waals surface area contributed by atoms with Crippen molar-refractivity contribution < 1.29 is 14.3 Å². The lowest BCUT2D eigenvalue weighted by atomic mass is 9.82. The van der Waals surface area contributed by atoms with Crippen LogP contribution in [0.15, 0.2) is 29.6 Å². The summed E-state index contributed by atoms with van der Waals surface area (Å²) in [4.78, 5) is 22.1. The number of methoxy groups -OCH3 is 2. The molecule has 1 atom stereocenters. The Balaban J connectivity index is 1.60. The maximum atomic E-state index is 12.9. The largest absolute Gasteiger partial charge is 0.493 e. The Hall–Kier alpha value is -2.61. The number of carbonyl (C=O) groups excluding carboxylic acids is 1. The summed E-state index contributed by atoms with van der Waals surface area (Å²) in [5.41, 5.74) is 2.47. The lowest BCUT2D eigenvalue weighted by molar-refractivity contribution is 0.0962. The summed E-state index contributed by atoms with van der Waals surface area (Å²) in [6, 6.07) is 5.81. The monoisotopic (exact) mass is 426 g/mol. The van der Waals surface area contributed by atoms with E-state index in [9.17, 15) is 4.79 Å². The molecule has 30 heavy (non-hydrogen) atoms. The molecule has 0 N–H and O–H groups in total. The number of rotatable bonds is 7. The van der Waals surface area contributed by atoms with Crippen LogP contribution in [0.25, 0.3) is 5.78 Å². The van der Waals surface area contributed by atoms with Gasteiger partial charge in [-0.2, -0.15) is 4.98 Å². The number of benzene rings is 1. The van der Waals surface area contributed by atoms with Crippen LogP contribution in [-0.4, -0.2) is 45.3 Å². The molecule has 0 saturated heterocycles. The molecule has 3 aromatic rings. The van der Waals surface area contributed by atoms with Gasteiger partial charge in [0.2, 0.25) is 5.16 Å². The number of hydrogen-bond donors (Lipinski definition) is 0. The Kier molecular flexibility index (Phi) is 5.94. The first-order valence-corrected chi connectivity index (χ1v) is 11.1. The lowest BCUT2D eigenvalue weighted by Gasteiger charge is -2.23. The number of ketones is 1. The average molecular weight is 427 g/mol. The van der Waals surface area contributed by atoms with Crippen LogP contribution in [0, 0.1) is 5.92 Å². The maximum Gasteiger partial charge on any atom is 0.253 e. The molecule has 0 amide bonds. The molecule has 0 aliphatic heterocycles. The number of carbonyl (C=O) groups is 1. The quantitative estimate of drug-likeness (QED) is 0.524. The van der Waals surface area contributed by atoms with E-state index in [1.165, 1.54) is 0 Å². The van der Waals surface area contributed by atoms with Crippen molar-refractivity contribution in [1.29, 1.82) is 0 Å². The van der Waals surface area contributed by atoms with Crippen molar-refractivity contribution in [3.05, 3.63) is 41.2 Å². The van der Waals surface area contributed by atoms with Gasteiger partial charge in [-0.3, -0.25) is 4.79 Å². The van der Waals surface area contributed by atoms with Gasteiger partial charge >= 0.3 is 0 Å². The molecule has 7 nitrogen and oxygen atoms in total. The molecule has 4 rings (SSSR count). The van der Waals surface area contributed by atoms with Gasteiger partial charge in [0.15, 0.2) is 17.3 Å². The molecule has 0 saturated carbocycles. The van der Waals surface area contributed by atoms with Gasteiger partial charge < -0.3 is 9.47 Å². The summed E-state index contributed by atoms with van der Waals surface area (Å²) in [7, 11) is 3.23. The Morgan fingerprint density at radius 3 is 2.70 bits per heavy atom. The first-order chi connectivity index (χ1) is 14.5.